The van der Waals surface area contributed by atoms with Crippen molar-refractivity contribution in [1.82, 2.24) is 14.7 Å². The number of hydrogen-bond acceptors (Lipinski definition) is 7. The lowest BCUT2D eigenvalue weighted by Gasteiger charge is -2.33. The van der Waals surface area contributed by atoms with Crippen molar-refractivity contribution >= 4 is 40.8 Å². The lowest BCUT2D eigenvalue weighted by atomic mass is 10.0. The molecule has 1 aliphatic rings. The van der Waals surface area contributed by atoms with E-state index in [1.807, 2.05) is 29.2 Å². The van der Waals surface area contributed by atoms with Gasteiger partial charge in [-0.05, 0) is 30.5 Å². The maximum Gasteiger partial charge on any atom is 0.317 e. The molecular formula is C24H36N4O6S. The summed E-state index contributed by atoms with van der Waals surface area (Å²) in [5.74, 6) is -2.67. The van der Waals surface area contributed by atoms with E-state index in [4.69, 9.17) is 12.2 Å². The van der Waals surface area contributed by atoms with Crippen LogP contribution in [0.3, 0.4) is 0 Å². The molecule has 10 nitrogen and oxygen atoms in total. The van der Waals surface area contributed by atoms with Crippen LogP contribution in [0.5, 0.6) is 0 Å². The summed E-state index contributed by atoms with van der Waals surface area (Å²) in [6.45, 7) is 5.44. The van der Waals surface area contributed by atoms with E-state index in [2.05, 4.69) is 19.2 Å². The predicted molar refractivity (Wildman–Crippen MR) is 137 cm³/mol. The lowest BCUT2D eigenvalue weighted by Crippen LogP contribution is -2.49. The third-order valence-corrected chi connectivity index (χ3v) is 6.73. The average molecular weight is 509 g/mol. The van der Waals surface area contributed by atoms with Crippen LogP contribution in [-0.2, 0) is 20.8 Å². The highest BCUT2D eigenvalue weighted by molar-refractivity contribution is 7.80. The Balaban J connectivity index is 2.23. The standard InChI is InChI=1S/C24H36N4O6S/c1-3-17(2)24(35)25-19-6-4-18(5-7-19)12-20-13-27(15-22(31)32)9-8-26(14-21(29)30)10-11-28(20)16-23(33)34/h4-7,17,20H,3,8-16H2,1-2H3,(H,25,35)(H,29,30)(H,31,32)(H,33,34). The molecule has 2 atom stereocenters. The van der Waals surface area contributed by atoms with E-state index in [-0.39, 0.29) is 31.6 Å². The minimum absolute atomic E-state index is 0.181. The van der Waals surface area contributed by atoms with Gasteiger partial charge in [0, 0.05) is 50.4 Å². The van der Waals surface area contributed by atoms with Crippen molar-refractivity contribution in [3.05, 3.63) is 29.8 Å². The van der Waals surface area contributed by atoms with Crippen molar-refractivity contribution in [2.24, 2.45) is 5.92 Å². The molecule has 0 spiro atoms. The van der Waals surface area contributed by atoms with Gasteiger partial charge < -0.3 is 20.6 Å². The summed E-state index contributed by atoms with van der Waals surface area (Å²) >= 11 is 5.43. The van der Waals surface area contributed by atoms with Crippen molar-refractivity contribution in [3.8, 4) is 0 Å². The van der Waals surface area contributed by atoms with Gasteiger partial charge in [-0.15, -0.1) is 0 Å². The van der Waals surface area contributed by atoms with Gasteiger partial charge in [-0.25, -0.2) is 0 Å². The smallest absolute Gasteiger partial charge is 0.317 e. The number of carbonyl (C=O) groups is 3. The number of hydrogen-bond donors (Lipinski definition) is 4. The molecule has 0 aliphatic carbocycles. The fraction of sp³-hybridized carbons (Fsp3) is 0.583. The zero-order valence-electron chi connectivity index (χ0n) is 20.4. The van der Waals surface area contributed by atoms with Gasteiger partial charge in [0.15, 0.2) is 0 Å². The zero-order chi connectivity index (χ0) is 26.0. The number of anilines is 1. The minimum atomic E-state index is -0.984. The normalized spacial score (nSPS) is 19.2. The van der Waals surface area contributed by atoms with E-state index in [1.165, 1.54) is 0 Å². The van der Waals surface area contributed by atoms with Crippen molar-refractivity contribution < 1.29 is 29.7 Å². The molecule has 35 heavy (non-hydrogen) atoms. The van der Waals surface area contributed by atoms with Crippen LogP contribution in [0.25, 0.3) is 0 Å². The van der Waals surface area contributed by atoms with Gasteiger partial charge in [-0.2, -0.15) is 0 Å². The van der Waals surface area contributed by atoms with Crippen LogP contribution in [0.15, 0.2) is 24.3 Å². The molecule has 0 amide bonds. The first-order valence-electron chi connectivity index (χ1n) is 11.8. The molecule has 11 heteroatoms. The molecule has 2 unspecified atom stereocenters. The molecule has 1 aromatic rings. The van der Waals surface area contributed by atoms with Gasteiger partial charge in [0.2, 0.25) is 0 Å². The van der Waals surface area contributed by atoms with Crippen molar-refractivity contribution in [2.75, 3.05) is 57.7 Å². The van der Waals surface area contributed by atoms with E-state index in [9.17, 15) is 29.7 Å². The largest absolute Gasteiger partial charge is 0.480 e. The Labute approximate surface area is 211 Å². The van der Waals surface area contributed by atoms with E-state index in [1.54, 1.807) is 9.80 Å². The molecule has 1 aromatic carbocycles. The topological polar surface area (TPSA) is 134 Å². The first-order chi connectivity index (χ1) is 16.6. The van der Waals surface area contributed by atoms with Gasteiger partial charge in [0.05, 0.1) is 24.6 Å². The van der Waals surface area contributed by atoms with Gasteiger partial charge >= 0.3 is 17.9 Å². The highest BCUT2D eigenvalue weighted by atomic mass is 32.1. The fourth-order valence-corrected chi connectivity index (χ4v) is 4.34. The molecule has 194 valence electrons. The Kier molecular flexibility index (Phi) is 11.5. The SMILES string of the molecule is CCC(C)C(=S)Nc1ccc(CC2CN(CC(=O)O)CCN(CC(=O)O)CCN2CC(=O)O)cc1. The summed E-state index contributed by atoms with van der Waals surface area (Å²) in [5, 5.41) is 31.4. The molecule has 0 aromatic heterocycles. The number of carboxylic acids is 3. The number of aliphatic carboxylic acids is 3. The highest BCUT2D eigenvalue weighted by Gasteiger charge is 2.27. The first-order valence-corrected chi connectivity index (χ1v) is 12.2. The maximum absolute atomic E-state index is 11.6. The van der Waals surface area contributed by atoms with E-state index < -0.39 is 17.9 Å². The van der Waals surface area contributed by atoms with Crippen LogP contribution >= 0.6 is 12.2 Å². The minimum Gasteiger partial charge on any atom is -0.480 e. The third kappa shape index (κ3) is 10.3. The molecule has 0 saturated carbocycles. The Morgan fingerprint density at radius 1 is 0.943 bits per heavy atom. The molecule has 1 aliphatic heterocycles. The van der Waals surface area contributed by atoms with E-state index in [0.717, 1.165) is 22.7 Å². The Bertz CT molecular complexity index is 881. The number of nitrogens with one attached hydrogen (secondary N) is 1. The Morgan fingerprint density at radius 3 is 2.06 bits per heavy atom. The van der Waals surface area contributed by atoms with Crippen LogP contribution < -0.4 is 5.32 Å². The van der Waals surface area contributed by atoms with Gasteiger partial charge in [-0.1, -0.05) is 38.2 Å². The molecule has 1 saturated heterocycles. The Hall–Kier alpha value is -2.60. The zero-order valence-corrected chi connectivity index (χ0v) is 21.2. The number of thiocarbonyl (C=S) groups is 1. The predicted octanol–water partition coefficient (Wildman–Crippen LogP) is 1.56. The molecule has 2 rings (SSSR count). The van der Waals surface area contributed by atoms with E-state index in [0.29, 0.717) is 39.1 Å². The van der Waals surface area contributed by atoms with Gasteiger partial charge in [-0.3, -0.25) is 29.1 Å². The number of nitrogens with zero attached hydrogens (tertiary/aromatic N) is 3. The second-order valence-corrected chi connectivity index (χ2v) is 9.46. The van der Waals surface area contributed by atoms with Crippen molar-refractivity contribution in [3.63, 3.8) is 0 Å². The van der Waals surface area contributed by atoms with Crippen LogP contribution in [0.1, 0.15) is 25.8 Å². The molecule has 1 heterocycles. The third-order valence-electron chi connectivity index (χ3n) is 6.23. The molecule has 1 fully saturated rings. The summed E-state index contributed by atoms with van der Waals surface area (Å²) in [5.41, 5.74) is 1.87. The number of rotatable bonds is 11. The molecule has 0 radical (unpaired) electrons. The van der Waals surface area contributed by atoms with E-state index >= 15 is 0 Å². The first kappa shape index (κ1) is 28.6. The maximum atomic E-state index is 11.6. The van der Waals surface area contributed by atoms with Crippen LogP contribution in [0, 0.1) is 5.92 Å². The second-order valence-electron chi connectivity index (χ2n) is 9.02. The summed E-state index contributed by atoms with van der Waals surface area (Å²) in [6.07, 6.45) is 1.47. The quantitative estimate of drug-likeness (QED) is 0.325. The molecule has 4 N–H and O–H groups in total. The number of benzene rings is 1. The highest BCUT2D eigenvalue weighted by Crippen LogP contribution is 2.17. The summed E-state index contributed by atoms with van der Waals surface area (Å²) in [6, 6.07) is 7.54. The Morgan fingerprint density at radius 2 is 1.49 bits per heavy atom. The monoisotopic (exact) mass is 508 g/mol. The van der Waals surface area contributed by atoms with Gasteiger partial charge in [0.25, 0.3) is 0 Å². The average Bonchev–Trinajstić information content (AvgIpc) is 2.84. The second kappa shape index (κ2) is 14.1. The summed E-state index contributed by atoms with van der Waals surface area (Å²) in [7, 11) is 0. The van der Waals surface area contributed by atoms with Crippen LogP contribution in [0.2, 0.25) is 0 Å². The van der Waals surface area contributed by atoms with Crippen molar-refractivity contribution in [2.45, 2.75) is 32.7 Å². The number of carboxylic acid groups (broad SMARTS) is 3. The molecular weight excluding hydrogens is 472 g/mol. The lowest BCUT2D eigenvalue weighted by molar-refractivity contribution is -0.140. The van der Waals surface area contributed by atoms with Crippen LogP contribution in [-0.4, -0.2) is 111 Å². The van der Waals surface area contributed by atoms with Gasteiger partial charge in [0.1, 0.15) is 0 Å². The fourth-order valence-electron chi connectivity index (χ4n) is 4.06. The van der Waals surface area contributed by atoms with Crippen LogP contribution in [0.4, 0.5) is 5.69 Å². The summed E-state index contributed by atoms with van der Waals surface area (Å²) in [4.78, 5) is 40.4. The summed E-state index contributed by atoms with van der Waals surface area (Å²) < 4.78 is 0. The van der Waals surface area contributed by atoms with Crippen molar-refractivity contribution in [1.29, 1.82) is 0 Å². The molecule has 0 bridgehead atoms.